The third-order valence-corrected chi connectivity index (χ3v) is 3.55. The first-order valence-corrected chi connectivity index (χ1v) is 7.08. The van der Waals surface area contributed by atoms with E-state index < -0.39 is 0 Å². The highest BCUT2D eigenvalue weighted by Gasteiger charge is 2.11. The Bertz CT molecular complexity index is 456. The van der Waals surface area contributed by atoms with Crippen LogP contribution in [0.25, 0.3) is 0 Å². The summed E-state index contributed by atoms with van der Waals surface area (Å²) in [5, 5.41) is 7.42. The Labute approximate surface area is 120 Å². The van der Waals surface area contributed by atoms with Crippen LogP contribution in [0, 0.1) is 5.41 Å². The molecule has 0 atom stereocenters. The number of nitrogens with zero attached hydrogens (tertiary/aromatic N) is 1. The topological polar surface area (TPSA) is 71.6 Å². The molecule has 0 unspecified atom stereocenters. The van der Waals surface area contributed by atoms with Crippen molar-refractivity contribution in [3.8, 4) is 11.5 Å². The lowest BCUT2D eigenvalue weighted by Gasteiger charge is -2.15. The van der Waals surface area contributed by atoms with Gasteiger partial charge in [-0.1, -0.05) is 0 Å². The van der Waals surface area contributed by atoms with Crippen LogP contribution >= 0.6 is 0 Å². The molecule has 1 aromatic rings. The molecule has 0 saturated carbocycles. The van der Waals surface area contributed by atoms with Gasteiger partial charge in [0.05, 0.1) is 13.7 Å². The van der Waals surface area contributed by atoms with E-state index in [0.29, 0.717) is 23.7 Å². The lowest BCUT2D eigenvalue weighted by Crippen LogP contribution is -2.22. The highest BCUT2D eigenvalue weighted by Crippen LogP contribution is 2.28. The summed E-state index contributed by atoms with van der Waals surface area (Å²) in [5.74, 6) is 1.36. The van der Waals surface area contributed by atoms with Gasteiger partial charge in [0.15, 0.2) is 11.5 Å². The Morgan fingerprint density at radius 2 is 2.05 bits per heavy atom. The lowest BCUT2D eigenvalue weighted by molar-refractivity contribution is 0.254. The van der Waals surface area contributed by atoms with Crippen molar-refractivity contribution in [2.24, 2.45) is 5.73 Å². The van der Waals surface area contributed by atoms with Gasteiger partial charge in [0.1, 0.15) is 5.84 Å². The first kappa shape index (κ1) is 14.7. The van der Waals surface area contributed by atoms with E-state index in [9.17, 15) is 0 Å². The third kappa shape index (κ3) is 3.87. The second-order valence-corrected chi connectivity index (χ2v) is 5.03. The second-order valence-electron chi connectivity index (χ2n) is 5.03. The Balaban J connectivity index is 1.83. The van der Waals surface area contributed by atoms with Crippen molar-refractivity contribution in [2.45, 2.75) is 19.3 Å². The minimum absolute atomic E-state index is 0.0314. The predicted octanol–water partition coefficient (Wildman–Crippen LogP) is 1.84. The van der Waals surface area contributed by atoms with Gasteiger partial charge in [-0.15, -0.1) is 0 Å². The van der Waals surface area contributed by atoms with Crippen LogP contribution in [0.4, 0.5) is 0 Å². The summed E-state index contributed by atoms with van der Waals surface area (Å²) < 4.78 is 11.0. The molecule has 0 spiro atoms. The monoisotopic (exact) mass is 277 g/mol. The summed E-state index contributed by atoms with van der Waals surface area (Å²) in [6.07, 6.45) is 3.65. The summed E-state index contributed by atoms with van der Waals surface area (Å²) in [5.41, 5.74) is 6.10. The van der Waals surface area contributed by atoms with Crippen LogP contribution in [0.3, 0.4) is 0 Å². The van der Waals surface area contributed by atoms with E-state index in [0.717, 1.165) is 13.0 Å². The summed E-state index contributed by atoms with van der Waals surface area (Å²) in [7, 11) is 1.59. The summed E-state index contributed by atoms with van der Waals surface area (Å²) in [6, 6.07) is 5.32. The molecule has 1 aliphatic heterocycles. The fourth-order valence-corrected chi connectivity index (χ4v) is 2.43. The number of nitrogens with one attached hydrogen (secondary N) is 1. The number of benzene rings is 1. The van der Waals surface area contributed by atoms with Crippen LogP contribution in [0.15, 0.2) is 18.2 Å². The van der Waals surface area contributed by atoms with E-state index in [-0.39, 0.29) is 5.84 Å². The molecule has 5 heteroatoms. The molecule has 1 heterocycles. The number of rotatable bonds is 7. The molecule has 1 aliphatic rings. The van der Waals surface area contributed by atoms with Crippen LogP contribution in [0.1, 0.15) is 24.8 Å². The zero-order valence-corrected chi connectivity index (χ0v) is 12.0. The van der Waals surface area contributed by atoms with E-state index in [1.54, 1.807) is 19.2 Å². The number of ether oxygens (including phenoxy) is 2. The Morgan fingerprint density at radius 3 is 2.70 bits per heavy atom. The SMILES string of the molecule is COc1cc(C(=N)N)ccc1OCCCN1CCCC1. The molecule has 1 aromatic carbocycles. The number of nitrogens with two attached hydrogens (primary N) is 1. The molecular weight excluding hydrogens is 254 g/mol. The van der Waals surface area contributed by atoms with Gasteiger partial charge in [0.25, 0.3) is 0 Å². The maximum absolute atomic E-state index is 7.42. The van der Waals surface area contributed by atoms with Crippen LogP contribution in [0.2, 0.25) is 0 Å². The van der Waals surface area contributed by atoms with Gasteiger partial charge in [-0.25, -0.2) is 0 Å². The normalized spacial score (nSPS) is 15.2. The van der Waals surface area contributed by atoms with E-state index in [2.05, 4.69) is 4.90 Å². The first-order chi connectivity index (χ1) is 9.70. The highest BCUT2D eigenvalue weighted by atomic mass is 16.5. The lowest BCUT2D eigenvalue weighted by atomic mass is 10.2. The molecule has 3 N–H and O–H groups in total. The summed E-state index contributed by atoms with van der Waals surface area (Å²) in [4.78, 5) is 2.47. The minimum atomic E-state index is 0.0314. The Morgan fingerprint density at radius 1 is 1.30 bits per heavy atom. The molecule has 0 radical (unpaired) electrons. The first-order valence-electron chi connectivity index (χ1n) is 7.08. The largest absolute Gasteiger partial charge is 0.493 e. The zero-order valence-electron chi connectivity index (χ0n) is 12.0. The number of likely N-dealkylation sites (tertiary alicyclic amines) is 1. The molecule has 5 nitrogen and oxygen atoms in total. The molecule has 2 rings (SSSR count). The number of methoxy groups -OCH3 is 1. The van der Waals surface area contributed by atoms with Crippen molar-refractivity contribution in [1.82, 2.24) is 4.90 Å². The van der Waals surface area contributed by atoms with E-state index in [4.69, 9.17) is 20.6 Å². The van der Waals surface area contributed by atoms with Crippen molar-refractivity contribution >= 4 is 5.84 Å². The third-order valence-electron chi connectivity index (χ3n) is 3.55. The average molecular weight is 277 g/mol. The summed E-state index contributed by atoms with van der Waals surface area (Å²) in [6.45, 7) is 4.20. The average Bonchev–Trinajstić information content (AvgIpc) is 2.96. The fraction of sp³-hybridized carbons (Fsp3) is 0.533. The zero-order chi connectivity index (χ0) is 14.4. The number of nitrogen functional groups attached to an aromatic ring is 1. The maximum Gasteiger partial charge on any atom is 0.161 e. The predicted molar refractivity (Wildman–Crippen MR) is 79.8 cm³/mol. The molecule has 0 amide bonds. The van der Waals surface area contributed by atoms with Crippen molar-refractivity contribution in [3.05, 3.63) is 23.8 Å². The standard InChI is InChI=1S/C15H23N3O2/c1-19-14-11-12(15(16)17)5-6-13(14)20-10-4-9-18-7-2-3-8-18/h5-6,11H,2-4,7-10H2,1H3,(H3,16,17). The van der Waals surface area contributed by atoms with Crippen molar-refractivity contribution in [2.75, 3.05) is 33.4 Å². The summed E-state index contributed by atoms with van der Waals surface area (Å²) >= 11 is 0. The van der Waals surface area contributed by atoms with Gasteiger partial charge < -0.3 is 20.1 Å². The highest BCUT2D eigenvalue weighted by molar-refractivity contribution is 5.95. The molecule has 0 bridgehead atoms. The van der Waals surface area contributed by atoms with Gasteiger partial charge in [0.2, 0.25) is 0 Å². The van der Waals surface area contributed by atoms with Crippen LogP contribution in [0.5, 0.6) is 11.5 Å². The molecule has 1 saturated heterocycles. The number of hydrogen-bond donors (Lipinski definition) is 2. The van der Waals surface area contributed by atoms with Gasteiger partial charge >= 0.3 is 0 Å². The molecular formula is C15H23N3O2. The van der Waals surface area contributed by atoms with Crippen molar-refractivity contribution in [1.29, 1.82) is 5.41 Å². The van der Waals surface area contributed by atoms with Crippen molar-refractivity contribution in [3.63, 3.8) is 0 Å². The smallest absolute Gasteiger partial charge is 0.161 e. The van der Waals surface area contributed by atoms with Crippen LogP contribution < -0.4 is 15.2 Å². The molecule has 110 valence electrons. The fourth-order valence-electron chi connectivity index (χ4n) is 2.43. The second kappa shape index (κ2) is 7.14. The van der Waals surface area contributed by atoms with E-state index in [1.165, 1.54) is 25.9 Å². The number of amidine groups is 1. The van der Waals surface area contributed by atoms with Crippen LogP contribution in [-0.2, 0) is 0 Å². The Kier molecular flexibility index (Phi) is 5.24. The van der Waals surface area contributed by atoms with Gasteiger partial charge in [-0.05, 0) is 50.6 Å². The van der Waals surface area contributed by atoms with Crippen LogP contribution in [-0.4, -0.2) is 44.1 Å². The minimum Gasteiger partial charge on any atom is -0.493 e. The van der Waals surface area contributed by atoms with Gasteiger partial charge in [0, 0.05) is 12.1 Å². The molecule has 20 heavy (non-hydrogen) atoms. The Hall–Kier alpha value is -1.75. The quantitative estimate of drug-likeness (QED) is 0.453. The molecule has 1 fully saturated rings. The van der Waals surface area contributed by atoms with Crippen molar-refractivity contribution < 1.29 is 9.47 Å². The molecule has 0 aliphatic carbocycles. The number of hydrogen-bond acceptors (Lipinski definition) is 4. The van der Waals surface area contributed by atoms with E-state index in [1.807, 2.05) is 6.07 Å². The maximum atomic E-state index is 7.42. The van der Waals surface area contributed by atoms with Gasteiger partial charge in [-0.3, -0.25) is 5.41 Å². The molecule has 0 aromatic heterocycles. The van der Waals surface area contributed by atoms with Gasteiger partial charge in [-0.2, -0.15) is 0 Å². The van der Waals surface area contributed by atoms with E-state index >= 15 is 0 Å².